The van der Waals surface area contributed by atoms with Gasteiger partial charge in [-0.1, -0.05) is 0 Å². The Morgan fingerprint density at radius 2 is 2.10 bits per heavy atom. The van der Waals surface area contributed by atoms with Crippen LogP contribution < -0.4 is 5.73 Å². The second kappa shape index (κ2) is 2.66. The van der Waals surface area contributed by atoms with Gasteiger partial charge < -0.3 is 5.73 Å². The van der Waals surface area contributed by atoms with Gasteiger partial charge in [0.2, 0.25) is 0 Å². The monoisotopic (exact) mass is 147 g/mol. The first kappa shape index (κ1) is 7.66. The first-order chi connectivity index (χ1) is 4.61. The largest absolute Gasteiger partial charge is 0.328 e. The van der Waals surface area contributed by atoms with Crippen molar-refractivity contribution in [2.24, 2.45) is 11.7 Å². The van der Waals surface area contributed by atoms with Crippen LogP contribution in [-0.4, -0.2) is 6.04 Å². The average molecular weight is 147 g/mol. The Balaban J connectivity index is 2.38. The highest BCUT2D eigenvalue weighted by atomic mass is 19.3. The summed E-state index contributed by atoms with van der Waals surface area (Å²) in [4.78, 5) is 0. The highest BCUT2D eigenvalue weighted by Crippen LogP contribution is 2.37. The van der Waals surface area contributed by atoms with Gasteiger partial charge in [0.15, 0.2) is 0 Å². The number of halogens is 2. The van der Waals surface area contributed by atoms with E-state index in [9.17, 15) is 8.78 Å². The van der Waals surface area contributed by atoms with Crippen molar-refractivity contribution in [1.82, 2.24) is 0 Å². The highest BCUT2D eigenvalue weighted by molar-refractivity contribution is 5.14. The zero-order valence-electron chi connectivity index (χ0n) is 5.90. The van der Waals surface area contributed by atoms with E-state index >= 15 is 0 Å². The quantitative estimate of drug-likeness (QED) is 0.602. The third-order valence-corrected chi connectivity index (χ3v) is 2.03. The molecular weight excluding hydrogens is 136 g/mol. The van der Waals surface area contributed by atoms with Crippen LogP contribution in [0.2, 0.25) is 0 Å². The van der Waals surface area contributed by atoms with E-state index in [1.807, 2.05) is 6.92 Å². The standard InChI is InChI=1S/C7H11F2N/c1-4(10)5-2-6(3-5)7(8)9/h4-5H,2-3,10H2,1H3. The molecule has 0 spiro atoms. The normalized spacial score (nSPS) is 27.6. The summed E-state index contributed by atoms with van der Waals surface area (Å²) in [7, 11) is 0. The van der Waals surface area contributed by atoms with E-state index in [-0.39, 0.29) is 12.0 Å². The molecule has 3 heteroatoms. The van der Waals surface area contributed by atoms with E-state index in [1.54, 1.807) is 0 Å². The molecule has 0 heterocycles. The molecule has 0 bridgehead atoms. The Bertz CT molecular complexity index is 151. The molecule has 1 aliphatic rings. The Morgan fingerprint density at radius 1 is 1.60 bits per heavy atom. The highest BCUT2D eigenvalue weighted by Gasteiger charge is 2.29. The van der Waals surface area contributed by atoms with Crippen molar-refractivity contribution in [2.75, 3.05) is 0 Å². The van der Waals surface area contributed by atoms with Gasteiger partial charge in [0.1, 0.15) is 0 Å². The molecule has 1 nitrogen and oxygen atoms in total. The molecule has 0 aromatic rings. The molecule has 0 amide bonds. The summed E-state index contributed by atoms with van der Waals surface area (Å²) in [5, 5.41) is 0. The molecule has 1 fully saturated rings. The van der Waals surface area contributed by atoms with Gasteiger partial charge in [0, 0.05) is 6.04 Å². The molecule has 1 unspecified atom stereocenters. The summed E-state index contributed by atoms with van der Waals surface area (Å²) in [6, 6.07) is 0.0584. The molecule has 1 aliphatic carbocycles. The molecule has 0 radical (unpaired) electrons. The van der Waals surface area contributed by atoms with Gasteiger partial charge in [-0.25, -0.2) is 0 Å². The third-order valence-electron chi connectivity index (χ3n) is 2.03. The Hall–Kier alpha value is -0.440. The predicted octanol–water partition coefficient (Wildman–Crippen LogP) is 1.89. The minimum absolute atomic E-state index is 0.0584. The second-order valence-corrected chi connectivity index (χ2v) is 2.89. The topological polar surface area (TPSA) is 26.0 Å². The van der Waals surface area contributed by atoms with Crippen LogP contribution in [0.5, 0.6) is 0 Å². The summed E-state index contributed by atoms with van der Waals surface area (Å²) in [6.07, 6.45) is -0.503. The van der Waals surface area contributed by atoms with Crippen molar-refractivity contribution >= 4 is 0 Å². The third kappa shape index (κ3) is 1.34. The van der Waals surface area contributed by atoms with Crippen molar-refractivity contribution in [3.8, 4) is 0 Å². The molecule has 1 rings (SSSR count). The zero-order valence-corrected chi connectivity index (χ0v) is 5.90. The molecule has 10 heavy (non-hydrogen) atoms. The van der Waals surface area contributed by atoms with E-state index in [2.05, 4.69) is 0 Å². The summed E-state index contributed by atoms with van der Waals surface area (Å²) in [5.41, 5.74) is 5.79. The predicted molar refractivity (Wildman–Crippen MR) is 35.6 cm³/mol. The Kier molecular flexibility index (Phi) is 2.04. The van der Waals surface area contributed by atoms with E-state index in [4.69, 9.17) is 5.73 Å². The zero-order chi connectivity index (χ0) is 7.72. The molecular formula is C7H11F2N. The van der Waals surface area contributed by atoms with Gasteiger partial charge in [-0.2, -0.15) is 8.78 Å². The first-order valence-electron chi connectivity index (χ1n) is 3.40. The lowest BCUT2D eigenvalue weighted by Crippen LogP contribution is -2.33. The Morgan fingerprint density at radius 3 is 2.40 bits per heavy atom. The maximum Gasteiger partial charge on any atom is 0.269 e. The van der Waals surface area contributed by atoms with Gasteiger partial charge >= 0.3 is 0 Å². The van der Waals surface area contributed by atoms with Crippen LogP contribution in [0.25, 0.3) is 0 Å². The van der Waals surface area contributed by atoms with E-state index in [0.29, 0.717) is 18.4 Å². The fourth-order valence-electron chi connectivity index (χ4n) is 1.10. The van der Waals surface area contributed by atoms with Crippen LogP contribution in [0.3, 0.4) is 0 Å². The molecule has 0 saturated heterocycles. The Labute approximate surface area is 58.9 Å². The van der Waals surface area contributed by atoms with E-state index in [1.165, 1.54) is 0 Å². The number of hydrogen-bond acceptors (Lipinski definition) is 1. The molecule has 1 saturated carbocycles. The van der Waals surface area contributed by atoms with Crippen LogP contribution in [0, 0.1) is 5.92 Å². The van der Waals surface area contributed by atoms with Crippen molar-refractivity contribution < 1.29 is 8.78 Å². The lowest BCUT2D eigenvalue weighted by Gasteiger charge is -2.31. The van der Waals surface area contributed by atoms with Crippen molar-refractivity contribution in [2.45, 2.75) is 25.8 Å². The number of nitrogens with two attached hydrogens (primary N) is 1. The average Bonchev–Trinajstić information content (AvgIpc) is 1.56. The van der Waals surface area contributed by atoms with Crippen LogP contribution in [0.4, 0.5) is 8.78 Å². The molecule has 0 aromatic carbocycles. The maximum atomic E-state index is 11.8. The summed E-state index contributed by atoms with van der Waals surface area (Å²) in [5.74, 6) is 0.288. The first-order valence-corrected chi connectivity index (χ1v) is 3.40. The second-order valence-electron chi connectivity index (χ2n) is 2.89. The lowest BCUT2D eigenvalue weighted by atomic mass is 9.77. The maximum absolute atomic E-state index is 11.8. The van der Waals surface area contributed by atoms with Gasteiger partial charge in [-0.15, -0.1) is 0 Å². The summed E-state index contributed by atoms with van der Waals surface area (Å²) >= 11 is 0. The number of rotatable bonds is 1. The van der Waals surface area contributed by atoms with E-state index in [0.717, 1.165) is 0 Å². The van der Waals surface area contributed by atoms with Gasteiger partial charge in [-0.3, -0.25) is 0 Å². The summed E-state index contributed by atoms with van der Waals surface area (Å²) < 4.78 is 23.5. The van der Waals surface area contributed by atoms with Gasteiger partial charge in [0.05, 0.1) is 0 Å². The summed E-state index contributed by atoms with van der Waals surface area (Å²) in [6.45, 7) is 1.86. The van der Waals surface area contributed by atoms with Crippen LogP contribution >= 0.6 is 0 Å². The molecule has 1 atom stereocenters. The van der Waals surface area contributed by atoms with Crippen LogP contribution in [0.1, 0.15) is 19.8 Å². The van der Waals surface area contributed by atoms with Crippen molar-refractivity contribution in [3.63, 3.8) is 0 Å². The van der Waals surface area contributed by atoms with Gasteiger partial charge in [0.25, 0.3) is 6.08 Å². The molecule has 0 aliphatic heterocycles. The number of hydrogen-bond donors (Lipinski definition) is 1. The SMILES string of the molecule is CC(N)C1CC(=C(F)F)C1. The lowest BCUT2D eigenvalue weighted by molar-refractivity contribution is 0.310. The molecule has 2 N–H and O–H groups in total. The molecule has 58 valence electrons. The van der Waals surface area contributed by atoms with Crippen LogP contribution in [-0.2, 0) is 0 Å². The van der Waals surface area contributed by atoms with Crippen LogP contribution in [0.15, 0.2) is 11.7 Å². The minimum atomic E-state index is -1.50. The van der Waals surface area contributed by atoms with E-state index < -0.39 is 6.08 Å². The van der Waals surface area contributed by atoms with Crippen molar-refractivity contribution in [3.05, 3.63) is 11.7 Å². The smallest absolute Gasteiger partial charge is 0.269 e. The fraction of sp³-hybridized carbons (Fsp3) is 0.714. The fourth-order valence-corrected chi connectivity index (χ4v) is 1.10. The molecule has 0 aromatic heterocycles. The van der Waals surface area contributed by atoms with Crippen molar-refractivity contribution in [1.29, 1.82) is 0 Å². The van der Waals surface area contributed by atoms with Gasteiger partial charge in [-0.05, 0) is 31.3 Å². The number of allylic oxidation sites excluding steroid dienone is 1. The minimum Gasteiger partial charge on any atom is -0.328 e.